The predicted octanol–water partition coefficient (Wildman–Crippen LogP) is 1.83. The zero-order valence-electron chi connectivity index (χ0n) is 12.5. The average Bonchev–Trinajstić information content (AvgIpc) is 2.94. The minimum absolute atomic E-state index is 0.155. The van der Waals surface area contributed by atoms with Gasteiger partial charge in [0.15, 0.2) is 0 Å². The Morgan fingerprint density at radius 3 is 3.14 bits per heavy atom. The number of amides is 1. The van der Waals surface area contributed by atoms with Crippen molar-refractivity contribution >= 4 is 28.2 Å². The number of nitrogens with one attached hydrogen (secondary N) is 1. The molecule has 1 fully saturated rings. The molecule has 0 aliphatic carbocycles. The molecule has 1 aliphatic heterocycles. The van der Waals surface area contributed by atoms with Crippen molar-refractivity contribution in [1.82, 2.24) is 4.90 Å². The van der Waals surface area contributed by atoms with Crippen LogP contribution in [0.25, 0.3) is 0 Å². The molecule has 1 atom stereocenters. The SMILES string of the molecule is CCOC(=O)C1CCCN(CC(=O)Nc2sccc2C#N)C1. The van der Waals surface area contributed by atoms with E-state index in [1.807, 2.05) is 11.0 Å². The summed E-state index contributed by atoms with van der Waals surface area (Å²) in [6.07, 6.45) is 1.68. The number of likely N-dealkylation sites (tertiary alicyclic amines) is 1. The molecule has 22 heavy (non-hydrogen) atoms. The molecule has 0 aromatic carbocycles. The van der Waals surface area contributed by atoms with E-state index in [-0.39, 0.29) is 24.3 Å². The van der Waals surface area contributed by atoms with Gasteiger partial charge in [-0.1, -0.05) is 0 Å². The van der Waals surface area contributed by atoms with Crippen LogP contribution < -0.4 is 5.32 Å². The Morgan fingerprint density at radius 1 is 1.59 bits per heavy atom. The summed E-state index contributed by atoms with van der Waals surface area (Å²) in [4.78, 5) is 25.8. The molecule has 7 heteroatoms. The van der Waals surface area contributed by atoms with Crippen molar-refractivity contribution in [3.8, 4) is 6.07 Å². The number of esters is 1. The molecule has 1 aromatic heterocycles. The van der Waals surface area contributed by atoms with E-state index in [1.165, 1.54) is 11.3 Å². The first-order chi connectivity index (χ1) is 10.6. The number of hydrogen-bond donors (Lipinski definition) is 1. The highest BCUT2D eigenvalue weighted by molar-refractivity contribution is 7.14. The van der Waals surface area contributed by atoms with Gasteiger partial charge in [-0.2, -0.15) is 5.26 Å². The summed E-state index contributed by atoms with van der Waals surface area (Å²) in [7, 11) is 0. The van der Waals surface area contributed by atoms with Gasteiger partial charge in [0, 0.05) is 6.54 Å². The zero-order valence-corrected chi connectivity index (χ0v) is 13.3. The molecule has 1 N–H and O–H groups in total. The van der Waals surface area contributed by atoms with Gasteiger partial charge in [-0.3, -0.25) is 14.5 Å². The number of ether oxygens (including phenoxy) is 1. The van der Waals surface area contributed by atoms with Gasteiger partial charge in [-0.15, -0.1) is 11.3 Å². The summed E-state index contributed by atoms with van der Waals surface area (Å²) in [5, 5.41) is 14.0. The molecule has 2 heterocycles. The maximum atomic E-state index is 12.1. The van der Waals surface area contributed by atoms with Crippen LogP contribution in [0, 0.1) is 17.2 Å². The average molecular weight is 321 g/mol. The second kappa shape index (κ2) is 7.92. The van der Waals surface area contributed by atoms with E-state index < -0.39 is 0 Å². The number of carbonyl (C=O) groups excluding carboxylic acids is 2. The van der Waals surface area contributed by atoms with Crippen LogP contribution in [0.1, 0.15) is 25.3 Å². The van der Waals surface area contributed by atoms with E-state index in [0.29, 0.717) is 23.7 Å². The number of piperidine rings is 1. The van der Waals surface area contributed by atoms with Crippen LogP contribution in [0.3, 0.4) is 0 Å². The van der Waals surface area contributed by atoms with Crippen LogP contribution in [-0.2, 0) is 14.3 Å². The first-order valence-corrected chi connectivity index (χ1v) is 8.18. The van der Waals surface area contributed by atoms with Crippen molar-refractivity contribution in [2.45, 2.75) is 19.8 Å². The van der Waals surface area contributed by atoms with Gasteiger partial charge in [0.05, 0.1) is 24.6 Å². The van der Waals surface area contributed by atoms with E-state index in [1.54, 1.807) is 18.4 Å². The van der Waals surface area contributed by atoms with Crippen molar-refractivity contribution in [2.24, 2.45) is 5.92 Å². The van der Waals surface area contributed by atoms with E-state index in [2.05, 4.69) is 5.32 Å². The molecule has 2 rings (SSSR count). The molecular weight excluding hydrogens is 302 g/mol. The van der Waals surface area contributed by atoms with Gasteiger partial charge in [0.1, 0.15) is 11.1 Å². The van der Waals surface area contributed by atoms with Crippen molar-refractivity contribution < 1.29 is 14.3 Å². The molecule has 1 unspecified atom stereocenters. The second-order valence-electron chi connectivity index (χ2n) is 5.15. The van der Waals surface area contributed by atoms with Crippen molar-refractivity contribution in [1.29, 1.82) is 5.26 Å². The molecule has 6 nitrogen and oxygen atoms in total. The number of nitrogens with zero attached hydrogens (tertiary/aromatic N) is 2. The zero-order chi connectivity index (χ0) is 15.9. The van der Waals surface area contributed by atoms with Crippen LogP contribution in [0.5, 0.6) is 0 Å². The van der Waals surface area contributed by atoms with Gasteiger partial charge >= 0.3 is 5.97 Å². The van der Waals surface area contributed by atoms with Crippen molar-refractivity contribution in [2.75, 3.05) is 31.6 Å². The van der Waals surface area contributed by atoms with Gasteiger partial charge in [-0.25, -0.2) is 0 Å². The number of thiophene rings is 1. The Morgan fingerprint density at radius 2 is 2.41 bits per heavy atom. The van der Waals surface area contributed by atoms with Crippen LogP contribution in [0.2, 0.25) is 0 Å². The molecular formula is C15H19N3O3S. The van der Waals surface area contributed by atoms with E-state index in [9.17, 15) is 9.59 Å². The summed E-state index contributed by atoms with van der Waals surface area (Å²) in [6.45, 7) is 3.73. The van der Waals surface area contributed by atoms with E-state index in [4.69, 9.17) is 10.00 Å². The topological polar surface area (TPSA) is 82.4 Å². The fourth-order valence-electron chi connectivity index (χ4n) is 2.52. The van der Waals surface area contributed by atoms with Gasteiger partial charge in [0.2, 0.25) is 5.91 Å². The molecule has 1 amide bonds. The Bertz CT molecular complexity index is 579. The third kappa shape index (κ3) is 4.29. The quantitative estimate of drug-likeness (QED) is 0.837. The van der Waals surface area contributed by atoms with Crippen LogP contribution in [0.4, 0.5) is 5.00 Å². The third-order valence-corrected chi connectivity index (χ3v) is 4.36. The normalized spacial score (nSPS) is 18.5. The standard InChI is InChI=1S/C15H19N3O3S/c1-2-21-15(20)12-4-3-6-18(9-12)10-13(19)17-14-11(8-16)5-7-22-14/h5,7,12H,2-4,6,9-10H2,1H3,(H,17,19). The number of carbonyl (C=O) groups is 2. The Kier molecular flexibility index (Phi) is 5.92. The molecule has 1 aliphatic rings. The molecule has 0 radical (unpaired) electrons. The molecule has 0 saturated carbocycles. The number of hydrogen-bond acceptors (Lipinski definition) is 6. The maximum absolute atomic E-state index is 12.1. The minimum atomic E-state index is -0.183. The van der Waals surface area contributed by atoms with Crippen LogP contribution >= 0.6 is 11.3 Å². The smallest absolute Gasteiger partial charge is 0.310 e. The highest BCUT2D eigenvalue weighted by atomic mass is 32.1. The lowest BCUT2D eigenvalue weighted by molar-refractivity contribution is -0.150. The Balaban J connectivity index is 1.86. The first kappa shape index (κ1) is 16.5. The summed E-state index contributed by atoms with van der Waals surface area (Å²) < 4.78 is 5.05. The van der Waals surface area contributed by atoms with Crippen LogP contribution in [0.15, 0.2) is 11.4 Å². The van der Waals surface area contributed by atoms with Gasteiger partial charge in [-0.05, 0) is 37.8 Å². The van der Waals surface area contributed by atoms with Gasteiger partial charge in [0.25, 0.3) is 0 Å². The number of nitriles is 1. The number of anilines is 1. The summed E-state index contributed by atoms with van der Waals surface area (Å²) in [5.74, 6) is -0.501. The fourth-order valence-corrected chi connectivity index (χ4v) is 3.27. The van der Waals surface area contributed by atoms with Crippen molar-refractivity contribution in [3.63, 3.8) is 0 Å². The molecule has 1 saturated heterocycles. The molecule has 0 spiro atoms. The van der Waals surface area contributed by atoms with Crippen molar-refractivity contribution in [3.05, 3.63) is 17.0 Å². The molecule has 118 valence electrons. The maximum Gasteiger partial charge on any atom is 0.310 e. The minimum Gasteiger partial charge on any atom is -0.466 e. The highest BCUT2D eigenvalue weighted by Gasteiger charge is 2.27. The predicted molar refractivity (Wildman–Crippen MR) is 83.5 cm³/mol. The van der Waals surface area contributed by atoms with E-state index in [0.717, 1.165) is 19.4 Å². The monoisotopic (exact) mass is 321 g/mol. The first-order valence-electron chi connectivity index (χ1n) is 7.30. The number of rotatable bonds is 5. The second-order valence-corrected chi connectivity index (χ2v) is 6.07. The third-order valence-electron chi connectivity index (χ3n) is 3.53. The molecule has 1 aromatic rings. The lowest BCUT2D eigenvalue weighted by atomic mass is 9.98. The lowest BCUT2D eigenvalue weighted by Gasteiger charge is -2.30. The fraction of sp³-hybridized carbons (Fsp3) is 0.533. The Labute approximate surface area is 133 Å². The largest absolute Gasteiger partial charge is 0.466 e. The highest BCUT2D eigenvalue weighted by Crippen LogP contribution is 2.22. The van der Waals surface area contributed by atoms with E-state index >= 15 is 0 Å². The summed E-state index contributed by atoms with van der Waals surface area (Å²) in [5.41, 5.74) is 0.474. The summed E-state index contributed by atoms with van der Waals surface area (Å²) in [6, 6.07) is 3.72. The van der Waals surface area contributed by atoms with Crippen LogP contribution in [-0.4, -0.2) is 43.0 Å². The Hall–Kier alpha value is -1.91. The molecule has 0 bridgehead atoms. The lowest BCUT2D eigenvalue weighted by Crippen LogP contribution is -2.43. The van der Waals surface area contributed by atoms with Gasteiger partial charge < -0.3 is 10.1 Å². The summed E-state index contributed by atoms with van der Waals surface area (Å²) >= 11 is 1.33.